The average Bonchev–Trinajstić information content (AvgIpc) is 3.31. The molecule has 1 aliphatic heterocycles. The number of amides is 1. The smallest absolute Gasteiger partial charge is 0.414 e. The van der Waals surface area contributed by atoms with Crippen molar-refractivity contribution in [2.75, 3.05) is 32.7 Å². The Bertz CT molecular complexity index is 861. The molecule has 1 fully saturated rings. The van der Waals surface area contributed by atoms with E-state index in [1.165, 1.54) is 6.26 Å². The van der Waals surface area contributed by atoms with E-state index in [0.29, 0.717) is 38.5 Å². The van der Waals surface area contributed by atoms with E-state index in [2.05, 4.69) is 4.90 Å². The second-order valence-electron chi connectivity index (χ2n) is 6.98. The lowest BCUT2D eigenvalue weighted by molar-refractivity contribution is -0.159. The van der Waals surface area contributed by atoms with E-state index >= 15 is 0 Å². The Labute approximate surface area is 179 Å². The van der Waals surface area contributed by atoms with Crippen LogP contribution in [0.1, 0.15) is 35.4 Å². The summed E-state index contributed by atoms with van der Waals surface area (Å²) in [6, 6.07) is 13.4. The Morgan fingerprint density at radius 1 is 0.935 bits per heavy atom. The second-order valence-corrected chi connectivity index (χ2v) is 6.98. The van der Waals surface area contributed by atoms with Crippen LogP contribution in [0, 0.1) is 0 Å². The quantitative estimate of drug-likeness (QED) is 0.526. The van der Waals surface area contributed by atoms with Crippen LogP contribution in [-0.2, 0) is 14.4 Å². The van der Waals surface area contributed by atoms with Gasteiger partial charge >= 0.3 is 11.9 Å². The maximum absolute atomic E-state index is 12.9. The van der Waals surface area contributed by atoms with E-state index in [9.17, 15) is 9.59 Å². The molecule has 3 rings (SSSR count). The fourth-order valence-electron chi connectivity index (χ4n) is 3.30. The summed E-state index contributed by atoms with van der Waals surface area (Å²) in [6.45, 7) is 5.13. The number of carbonyl (C=O) groups is 4. The first-order chi connectivity index (χ1) is 14.8. The van der Waals surface area contributed by atoms with Crippen molar-refractivity contribution in [2.45, 2.75) is 19.3 Å². The number of aliphatic carboxylic acids is 2. The first kappa shape index (κ1) is 23.8. The summed E-state index contributed by atoms with van der Waals surface area (Å²) in [5, 5.41) is 14.8. The molecule has 1 aliphatic rings. The lowest BCUT2D eigenvalue weighted by Crippen LogP contribution is -2.51. The zero-order valence-corrected chi connectivity index (χ0v) is 17.3. The van der Waals surface area contributed by atoms with Gasteiger partial charge in [-0.1, -0.05) is 37.3 Å². The number of carboxylic acids is 2. The van der Waals surface area contributed by atoms with Gasteiger partial charge in [-0.3, -0.25) is 14.5 Å². The highest BCUT2D eigenvalue weighted by molar-refractivity contribution is 6.27. The number of Topliss-reactive ketones (excluding diaryl/α,β-unsaturated/α-hetero) is 1. The van der Waals surface area contributed by atoms with Crippen molar-refractivity contribution in [3.63, 3.8) is 0 Å². The summed E-state index contributed by atoms with van der Waals surface area (Å²) in [5.74, 6) is -3.16. The summed E-state index contributed by atoms with van der Waals surface area (Å²) in [5.41, 5.74) is 1.07. The van der Waals surface area contributed by atoms with Gasteiger partial charge in [0, 0.05) is 26.2 Å². The fourth-order valence-corrected chi connectivity index (χ4v) is 3.30. The Balaban J connectivity index is 0.000000501. The van der Waals surface area contributed by atoms with E-state index in [-0.39, 0.29) is 17.6 Å². The number of hydrogen-bond acceptors (Lipinski definition) is 6. The zero-order chi connectivity index (χ0) is 22.8. The molecular formula is C22H26N2O7. The van der Waals surface area contributed by atoms with Gasteiger partial charge in [-0.2, -0.15) is 0 Å². The molecule has 1 atom stereocenters. The highest BCUT2D eigenvalue weighted by Gasteiger charge is 2.28. The fraction of sp³-hybridized carbons (Fsp3) is 0.364. The van der Waals surface area contributed by atoms with E-state index in [4.69, 9.17) is 24.2 Å². The molecule has 2 heterocycles. The van der Waals surface area contributed by atoms with Crippen LogP contribution in [-0.4, -0.2) is 76.4 Å². The average molecular weight is 430 g/mol. The van der Waals surface area contributed by atoms with Gasteiger partial charge in [0.2, 0.25) is 11.7 Å². The number of ketones is 1. The Morgan fingerprint density at radius 2 is 1.55 bits per heavy atom. The molecule has 0 bridgehead atoms. The minimum absolute atomic E-state index is 0.0134. The molecule has 1 saturated heterocycles. The summed E-state index contributed by atoms with van der Waals surface area (Å²) in [6.07, 6.45) is 2.30. The highest BCUT2D eigenvalue weighted by Crippen LogP contribution is 2.22. The third kappa shape index (κ3) is 7.07. The number of rotatable bonds is 6. The summed E-state index contributed by atoms with van der Waals surface area (Å²) >= 11 is 0. The molecule has 1 amide bonds. The number of hydrogen-bond donors (Lipinski definition) is 2. The molecule has 9 nitrogen and oxygen atoms in total. The molecule has 2 N–H and O–H groups in total. The molecule has 1 aromatic heterocycles. The molecule has 0 aliphatic carbocycles. The van der Waals surface area contributed by atoms with Gasteiger partial charge in [-0.25, -0.2) is 9.59 Å². The van der Waals surface area contributed by atoms with Gasteiger partial charge in [-0.15, -0.1) is 0 Å². The Morgan fingerprint density at radius 3 is 2.03 bits per heavy atom. The van der Waals surface area contributed by atoms with Crippen molar-refractivity contribution in [1.29, 1.82) is 0 Å². The number of benzene rings is 1. The van der Waals surface area contributed by atoms with Crippen LogP contribution in [0.2, 0.25) is 0 Å². The molecule has 1 aromatic carbocycles. The molecule has 0 spiro atoms. The predicted octanol–water partition coefficient (Wildman–Crippen LogP) is 1.96. The topological polar surface area (TPSA) is 128 Å². The van der Waals surface area contributed by atoms with Crippen LogP contribution in [0.5, 0.6) is 0 Å². The van der Waals surface area contributed by atoms with E-state index in [1.54, 1.807) is 12.1 Å². The molecule has 9 heteroatoms. The van der Waals surface area contributed by atoms with E-state index in [0.717, 1.165) is 12.0 Å². The highest BCUT2D eigenvalue weighted by atomic mass is 16.4. The van der Waals surface area contributed by atoms with Gasteiger partial charge in [0.1, 0.15) is 0 Å². The molecule has 0 saturated carbocycles. The largest absolute Gasteiger partial charge is 0.473 e. The molecule has 31 heavy (non-hydrogen) atoms. The molecular weight excluding hydrogens is 404 g/mol. The van der Waals surface area contributed by atoms with Crippen molar-refractivity contribution in [1.82, 2.24) is 9.80 Å². The first-order valence-corrected chi connectivity index (χ1v) is 9.92. The third-order valence-corrected chi connectivity index (χ3v) is 4.94. The zero-order valence-electron chi connectivity index (χ0n) is 17.3. The first-order valence-electron chi connectivity index (χ1n) is 9.92. The number of furan rings is 1. The molecule has 1 unspecified atom stereocenters. The number of piperazine rings is 1. The van der Waals surface area contributed by atoms with Crippen LogP contribution in [0.4, 0.5) is 0 Å². The van der Waals surface area contributed by atoms with Gasteiger partial charge < -0.3 is 19.5 Å². The van der Waals surface area contributed by atoms with Crippen LogP contribution >= 0.6 is 0 Å². The Kier molecular flexibility index (Phi) is 8.95. The number of carboxylic acid groups (broad SMARTS) is 2. The standard InChI is InChI=1S/C20H24N2O3.C2H2O4/c1-2-17(16-7-4-3-5-8-16)20(24)22-12-10-21(11-13-22)15-18(23)19-9-6-14-25-19;3-1(4)2(5)6/h3-9,14,17H,2,10-13,15H2,1H3;(H,3,4)(H,5,6). The van der Waals surface area contributed by atoms with Crippen LogP contribution in [0.15, 0.2) is 53.1 Å². The Hall–Kier alpha value is -3.46. The molecule has 0 radical (unpaired) electrons. The molecule has 166 valence electrons. The van der Waals surface area contributed by atoms with E-state index in [1.807, 2.05) is 42.2 Å². The van der Waals surface area contributed by atoms with Crippen LogP contribution in [0.25, 0.3) is 0 Å². The molecule has 2 aromatic rings. The maximum atomic E-state index is 12.9. The van der Waals surface area contributed by atoms with Gasteiger partial charge in [0.15, 0.2) is 5.76 Å². The van der Waals surface area contributed by atoms with Gasteiger partial charge in [-0.05, 0) is 24.1 Å². The number of nitrogens with zero attached hydrogens (tertiary/aromatic N) is 2. The normalized spacial score (nSPS) is 14.8. The van der Waals surface area contributed by atoms with Crippen molar-refractivity contribution in [3.05, 3.63) is 60.1 Å². The van der Waals surface area contributed by atoms with Crippen molar-refractivity contribution < 1.29 is 33.8 Å². The van der Waals surface area contributed by atoms with Gasteiger partial charge in [0.25, 0.3) is 0 Å². The third-order valence-electron chi connectivity index (χ3n) is 4.94. The minimum atomic E-state index is -1.82. The minimum Gasteiger partial charge on any atom is -0.473 e. The van der Waals surface area contributed by atoms with Crippen LogP contribution in [0.3, 0.4) is 0 Å². The summed E-state index contributed by atoms with van der Waals surface area (Å²) in [7, 11) is 0. The van der Waals surface area contributed by atoms with E-state index < -0.39 is 11.9 Å². The SMILES string of the molecule is CCC(C(=O)N1CCN(CC(=O)c2ccco2)CC1)c1ccccc1.O=C(O)C(=O)O. The predicted molar refractivity (Wildman–Crippen MR) is 111 cm³/mol. The summed E-state index contributed by atoms with van der Waals surface area (Å²) in [4.78, 5) is 47.2. The lowest BCUT2D eigenvalue weighted by atomic mass is 9.95. The lowest BCUT2D eigenvalue weighted by Gasteiger charge is -2.36. The van der Waals surface area contributed by atoms with Crippen molar-refractivity contribution >= 4 is 23.6 Å². The van der Waals surface area contributed by atoms with Gasteiger partial charge in [0.05, 0.1) is 18.7 Å². The number of carbonyl (C=O) groups excluding carboxylic acids is 2. The second kappa shape index (κ2) is 11.7. The van der Waals surface area contributed by atoms with Crippen LogP contribution < -0.4 is 0 Å². The van der Waals surface area contributed by atoms with Crippen molar-refractivity contribution in [3.8, 4) is 0 Å². The van der Waals surface area contributed by atoms with Crippen molar-refractivity contribution in [2.24, 2.45) is 0 Å². The summed E-state index contributed by atoms with van der Waals surface area (Å²) < 4.78 is 5.15. The monoisotopic (exact) mass is 430 g/mol. The maximum Gasteiger partial charge on any atom is 0.414 e.